The molecule has 0 unspecified atom stereocenters. The molecule has 4 nitrogen and oxygen atoms in total. The summed E-state index contributed by atoms with van der Waals surface area (Å²) in [4.78, 5) is 16.2. The molecule has 4 rings (SSSR count). The smallest absolute Gasteiger partial charge is 0.336 e. The summed E-state index contributed by atoms with van der Waals surface area (Å²) in [5, 5.41) is 10.6. The highest BCUT2D eigenvalue weighted by Crippen LogP contribution is 2.20. The zero-order chi connectivity index (χ0) is 20.9. The van der Waals surface area contributed by atoms with Crippen molar-refractivity contribution in [3.8, 4) is 5.75 Å². The van der Waals surface area contributed by atoms with Crippen molar-refractivity contribution in [1.29, 1.82) is 0 Å². The second-order valence-electron chi connectivity index (χ2n) is 7.04. The zero-order valence-electron chi connectivity index (χ0n) is 16.6. The van der Waals surface area contributed by atoms with Crippen LogP contribution in [0.25, 0.3) is 23.1 Å². The third kappa shape index (κ3) is 4.39. The summed E-state index contributed by atoms with van der Waals surface area (Å²) in [7, 11) is 0. The molecular weight excluding hydrogens is 374 g/mol. The third-order valence-corrected chi connectivity index (χ3v) is 4.89. The van der Waals surface area contributed by atoms with Crippen LogP contribution >= 0.6 is 0 Å². The molecule has 0 saturated carbocycles. The average molecular weight is 395 g/mol. The molecular formula is C26H21NO3. The van der Waals surface area contributed by atoms with E-state index in [9.17, 15) is 9.90 Å². The molecule has 0 aliphatic rings. The molecule has 0 aliphatic carbocycles. The van der Waals surface area contributed by atoms with Crippen molar-refractivity contribution >= 4 is 29.0 Å². The predicted octanol–water partition coefficient (Wildman–Crippen LogP) is 5.99. The van der Waals surface area contributed by atoms with E-state index >= 15 is 0 Å². The minimum Gasteiger partial charge on any atom is -0.489 e. The molecule has 148 valence electrons. The van der Waals surface area contributed by atoms with Crippen molar-refractivity contribution in [3.63, 3.8) is 0 Å². The van der Waals surface area contributed by atoms with Crippen molar-refractivity contribution in [2.45, 2.75) is 13.5 Å². The first-order valence-corrected chi connectivity index (χ1v) is 9.69. The van der Waals surface area contributed by atoms with E-state index in [0.717, 1.165) is 27.7 Å². The van der Waals surface area contributed by atoms with Crippen molar-refractivity contribution in [2.75, 3.05) is 0 Å². The number of hydrogen-bond acceptors (Lipinski definition) is 3. The Morgan fingerprint density at radius 2 is 1.80 bits per heavy atom. The summed E-state index contributed by atoms with van der Waals surface area (Å²) in [6, 6.07) is 25.2. The minimum atomic E-state index is -0.939. The number of rotatable bonds is 6. The fourth-order valence-corrected chi connectivity index (χ4v) is 3.38. The van der Waals surface area contributed by atoms with Crippen molar-refractivity contribution in [2.24, 2.45) is 0 Å². The highest BCUT2D eigenvalue weighted by atomic mass is 16.5. The van der Waals surface area contributed by atoms with Gasteiger partial charge in [0.25, 0.3) is 0 Å². The molecule has 0 aliphatic heterocycles. The minimum absolute atomic E-state index is 0.197. The first kappa shape index (κ1) is 19.4. The molecule has 4 aromatic rings. The maximum atomic E-state index is 11.5. The maximum absolute atomic E-state index is 11.5. The SMILES string of the molecule is Cc1cccc(COc2cccc(/C=C/c3ccc4ccccc4n3)c2)c1C(=O)O. The summed E-state index contributed by atoms with van der Waals surface area (Å²) in [6.07, 6.45) is 3.95. The van der Waals surface area contributed by atoms with Gasteiger partial charge in [-0.1, -0.05) is 60.7 Å². The lowest BCUT2D eigenvalue weighted by atomic mass is 10.0. The quantitative estimate of drug-likeness (QED) is 0.436. The fourth-order valence-electron chi connectivity index (χ4n) is 3.38. The topological polar surface area (TPSA) is 59.4 Å². The Morgan fingerprint density at radius 1 is 0.967 bits per heavy atom. The zero-order valence-corrected chi connectivity index (χ0v) is 16.6. The Bertz CT molecular complexity index is 1240. The van der Waals surface area contributed by atoms with Gasteiger partial charge in [0.15, 0.2) is 0 Å². The van der Waals surface area contributed by atoms with Crippen LogP contribution in [0, 0.1) is 6.92 Å². The van der Waals surface area contributed by atoms with Gasteiger partial charge in [-0.15, -0.1) is 0 Å². The Balaban J connectivity index is 1.49. The maximum Gasteiger partial charge on any atom is 0.336 e. The second-order valence-corrected chi connectivity index (χ2v) is 7.04. The van der Waals surface area contributed by atoms with Gasteiger partial charge in [0.05, 0.1) is 16.8 Å². The number of carbonyl (C=O) groups is 1. The molecule has 30 heavy (non-hydrogen) atoms. The molecule has 0 atom stereocenters. The lowest BCUT2D eigenvalue weighted by Gasteiger charge is -2.11. The standard InChI is InChI=1S/C26H21NO3/c1-18-6-4-9-21(25(18)26(28)29)17-30-23-10-5-7-19(16-23)12-14-22-15-13-20-8-2-3-11-24(20)27-22/h2-16H,17H2,1H3,(H,28,29)/b14-12+. The predicted molar refractivity (Wildman–Crippen MR) is 120 cm³/mol. The number of ether oxygens (including phenoxy) is 1. The van der Waals surface area contributed by atoms with Crippen LogP contribution in [0.2, 0.25) is 0 Å². The Kier molecular flexibility index (Phi) is 5.57. The normalized spacial score (nSPS) is 11.1. The number of aromatic nitrogens is 1. The number of hydrogen-bond donors (Lipinski definition) is 1. The van der Waals surface area contributed by atoms with Gasteiger partial charge >= 0.3 is 5.97 Å². The van der Waals surface area contributed by atoms with Gasteiger partial charge in [-0.25, -0.2) is 9.78 Å². The average Bonchev–Trinajstić information content (AvgIpc) is 2.76. The molecule has 0 spiro atoms. The van der Waals surface area contributed by atoms with Crippen LogP contribution in [-0.2, 0) is 6.61 Å². The number of benzene rings is 3. The first-order chi connectivity index (χ1) is 14.6. The lowest BCUT2D eigenvalue weighted by Crippen LogP contribution is -2.07. The first-order valence-electron chi connectivity index (χ1n) is 9.69. The van der Waals surface area contributed by atoms with E-state index in [-0.39, 0.29) is 6.61 Å². The largest absolute Gasteiger partial charge is 0.489 e. The summed E-state index contributed by atoms with van der Waals surface area (Å²) >= 11 is 0. The fraction of sp³-hybridized carbons (Fsp3) is 0.0769. The Labute approximate surface area is 175 Å². The number of carboxylic acids is 1. The van der Waals surface area contributed by atoms with Crippen LogP contribution in [0.15, 0.2) is 78.9 Å². The number of aryl methyl sites for hydroxylation is 1. The van der Waals surface area contributed by atoms with Crippen molar-refractivity contribution in [1.82, 2.24) is 4.98 Å². The number of para-hydroxylation sites is 1. The van der Waals surface area contributed by atoms with Gasteiger partial charge in [0.1, 0.15) is 12.4 Å². The van der Waals surface area contributed by atoms with Gasteiger partial charge in [0.2, 0.25) is 0 Å². The number of pyridine rings is 1. The van der Waals surface area contributed by atoms with Crippen LogP contribution in [-0.4, -0.2) is 16.1 Å². The highest BCUT2D eigenvalue weighted by Gasteiger charge is 2.13. The van der Waals surface area contributed by atoms with Crippen LogP contribution in [0.4, 0.5) is 0 Å². The highest BCUT2D eigenvalue weighted by molar-refractivity contribution is 5.91. The summed E-state index contributed by atoms with van der Waals surface area (Å²) in [5.74, 6) is -0.257. The van der Waals surface area contributed by atoms with Gasteiger partial charge in [0, 0.05) is 10.9 Å². The van der Waals surface area contributed by atoms with Crippen molar-refractivity contribution < 1.29 is 14.6 Å². The number of nitrogens with zero attached hydrogens (tertiary/aromatic N) is 1. The van der Waals surface area contributed by atoms with Gasteiger partial charge in [-0.3, -0.25) is 0 Å². The van der Waals surface area contributed by atoms with Crippen molar-refractivity contribution in [3.05, 3.63) is 107 Å². The van der Waals surface area contributed by atoms with E-state index < -0.39 is 5.97 Å². The van der Waals surface area contributed by atoms with E-state index in [1.807, 2.05) is 72.8 Å². The molecule has 0 fully saturated rings. The molecule has 0 saturated heterocycles. The van der Waals surface area contributed by atoms with E-state index in [4.69, 9.17) is 4.74 Å². The molecule has 1 aromatic heterocycles. The molecule has 4 heteroatoms. The van der Waals surface area contributed by atoms with Crippen LogP contribution in [0.5, 0.6) is 5.75 Å². The lowest BCUT2D eigenvalue weighted by molar-refractivity contribution is 0.0693. The van der Waals surface area contributed by atoms with E-state index in [1.54, 1.807) is 19.1 Å². The molecule has 3 aromatic carbocycles. The van der Waals surface area contributed by atoms with Crippen LogP contribution in [0.3, 0.4) is 0 Å². The molecule has 0 bridgehead atoms. The molecule has 1 N–H and O–H groups in total. The third-order valence-electron chi connectivity index (χ3n) is 4.89. The second kappa shape index (κ2) is 8.62. The van der Waals surface area contributed by atoms with Crippen LogP contribution in [0.1, 0.15) is 32.7 Å². The van der Waals surface area contributed by atoms with Gasteiger partial charge in [-0.05, 0) is 48.4 Å². The number of fused-ring (bicyclic) bond motifs is 1. The summed E-state index contributed by atoms with van der Waals surface area (Å²) in [5.41, 5.74) is 4.50. The van der Waals surface area contributed by atoms with E-state index in [1.165, 1.54) is 0 Å². The Morgan fingerprint density at radius 3 is 2.67 bits per heavy atom. The molecule has 0 amide bonds. The number of aromatic carboxylic acids is 1. The summed E-state index contributed by atoms with van der Waals surface area (Å²) in [6.45, 7) is 1.99. The number of carboxylic acid groups (broad SMARTS) is 1. The van der Waals surface area contributed by atoms with E-state index in [2.05, 4.69) is 11.1 Å². The molecule has 1 heterocycles. The van der Waals surface area contributed by atoms with Gasteiger partial charge in [-0.2, -0.15) is 0 Å². The Hall–Kier alpha value is -3.92. The monoisotopic (exact) mass is 395 g/mol. The van der Waals surface area contributed by atoms with E-state index in [0.29, 0.717) is 16.9 Å². The summed E-state index contributed by atoms with van der Waals surface area (Å²) < 4.78 is 5.88. The van der Waals surface area contributed by atoms with Gasteiger partial charge < -0.3 is 9.84 Å². The molecule has 0 radical (unpaired) electrons. The van der Waals surface area contributed by atoms with Crippen LogP contribution < -0.4 is 4.74 Å².